The Bertz CT molecular complexity index is 1330. The van der Waals surface area contributed by atoms with Crippen molar-refractivity contribution < 1.29 is 4.79 Å². The lowest BCUT2D eigenvalue weighted by Crippen LogP contribution is -2.36. The first-order valence-electron chi connectivity index (χ1n) is 11.4. The molecule has 1 saturated heterocycles. The molecule has 0 aliphatic carbocycles. The maximum absolute atomic E-state index is 13.6. The number of anilines is 1. The SMILES string of the molecule is O=C(NCc1ccccc1)c1ccc2c(=O)n(-c3ccccc3)c(N3CCCCC3)nc2c1. The number of piperidine rings is 1. The van der Waals surface area contributed by atoms with Crippen LogP contribution in [0.1, 0.15) is 35.2 Å². The van der Waals surface area contributed by atoms with E-state index in [2.05, 4.69) is 10.2 Å². The van der Waals surface area contributed by atoms with Gasteiger partial charge in [0.2, 0.25) is 5.95 Å². The van der Waals surface area contributed by atoms with Crippen molar-refractivity contribution in [3.05, 3.63) is 100 Å². The number of hydrogen-bond donors (Lipinski definition) is 1. The van der Waals surface area contributed by atoms with Gasteiger partial charge in [0.1, 0.15) is 0 Å². The van der Waals surface area contributed by atoms with Gasteiger partial charge in [0.15, 0.2) is 0 Å². The minimum atomic E-state index is -0.186. The van der Waals surface area contributed by atoms with E-state index < -0.39 is 0 Å². The molecule has 1 aliphatic rings. The van der Waals surface area contributed by atoms with Crippen molar-refractivity contribution >= 4 is 22.8 Å². The van der Waals surface area contributed by atoms with E-state index in [1.165, 1.54) is 6.42 Å². The molecule has 4 aromatic rings. The van der Waals surface area contributed by atoms with Crippen molar-refractivity contribution in [1.82, 2.24) is 14.9 Å². The van der Waals surface area contributed by atoms with Crippen LogP contribution in [0, 0.1) is 0 Å². The number of carbonyl (C=O) groups is 1. The molecular formula is C27H26N4O2. The molecule has 6 heteroatoms. The molecule has 1 N–H and O–H groups in total. The van der Waals surface area contributed by atoms with Crippen molar-refractivity contribution in [2.75, 3.05) is 18.0 Å². The van der Waals surface area contributed by atoms with Crippen LogP contribution in [-0.2, 0) is 6.54 Å². The second-order valence-corrected chi connectivity index (χ2v) is 8.34. The van der Waals surface area contributed by atoms with E-state index >= 15 is 0 Å². The summed E-state index contributed by atoms with van der Waals surface area (Å²) in [5, 5.41) is 3.45. The number of nitrogens with zero attached hydrogens (tertiary/aromatic N) is 3. The third-order valence-electron chi connectivity index (χ3n) is 6.06. The van der Waals surface area contributed by atoms with Gasteiger partial charge in [0.05, 0.1) is 16.6 Å². The van der Waals surface area contributed by atoms with Gasteiger partial charge in [-0.1, -0.05) is 48.5 Å². The highest BCUT2D eigenvalue weighted by Gasteiger charge is 2.20. The van der Waals surface area contributed by atoms with Crippen LogP contribution in [-0.4, -0.2) is 28.5 Å². The Kier molecular flexibility index (Phi) is 5.89. The Hall–Kier alpha value is -3.93. The Morgan fingerprint density at radius 2 is 1.58 bits per heavy atom. The highest BCUT2D eigenvalue weighted by molar-refractivity contribution is 5.97. The van der Waals surface area contributed by atoms with E-state index in [-0.39, 0.29) is 11.5 Å². The summed E-state index contributed by atoms with van der Waals surface area (Å²) in [4.78, 5) is 33.5. The van der Waals surface area contributed by atoms with Gasteiger partial charge in [-0.3, -0.25) is 9.59 Å². The average molecular weight is 439 g/mol. The molecule has 5 rings (SSSR count). The van der Waals surface area contributed by atoms with Crippen LogP contribution in [0.25, 0.3) is 16.6 Å². The smallest absolute Gasteiger partial charge is 0.267 e. The molecule has 33 heavy (non-hydrogen) atoms. The number of nitrogens with one attached hydrogen (secondary N) is 1. The molecule has 0 saturated carbocycles. The fraction of sp³-hybridized carbons (Fsp3) is 0.222. The zero-order valence-corrected chi connectivity index (χ0v) is 18.4. The Balaban J connectivity index is 1.54. The number of benzene rings is 3. The van der Waals surface area contributed by atoms with Crippen LogP contribution in [0.15, 0.2) is 83.7 Å². The minimum absolute atomic E-state index is 0.122. The normalized spacial score (nSPS) is 13.8. The number of para-hydroxylation sites is 1. The van der Waals surface area contributed by atoms with E-state index in [9.17, 15) is 9.59 Å². The van der Waals surface area contributed by atoms with Gasteiger partial charge >= 0.3 is 0 Å². The molecule has 166 valence electrons. The van der Waals surface area contributed by atoms with Gasteiger partial charge in [-0.15, -0.1) is 0 Å². The van der Waals surface area contributed by atoms with E-state index in [0.717, 1.165) is 37.2 Å². The van der Waals surface area contributed by atoms with Gasteiger partial charge in [0, 0.05) is 25.2 Å². The van der Waals surface area contributed by atoms with Crippen LogP contribution in [0.4, 0.5) is 5.95 Å². The Morgan fingerprint density at radius 3 is 2.30 bits per heavy atom. The maximum atomic E-state index is 13.6. The number of hydrogen-bond acceptors (Lipinski definition) is 4. The molecule has 0 unspecified atom stereocenters. The van der Waals surface area contributed by atoms with Crippen LogP contribution >= 0.6 is 0 Å². The number of fused-ring (bicyclic) bond motifs is 1. The number of carbonyl (C=O) groups excluding carboxylic acids is 1. The van der Waals surface area contributed by atoms with Gasteiger partial charge in [-0.05, 0) is 55.2 Å². The Labute approximate surface area is 192 Å². The average Bonchev–Trinajstić information content (AvgIpc) is 2.88. The fourth-order valence-electron chi connectivity index (χ4n) is 4.31. The third kappa shape index (κ3) is 4.37. The van der Waals surface area contributed by atoms with Crippen molar-refractivity contribution in [3.63, 3.8) is 0 Å². The van der Waals surface area contributed by atoms with E-state index in [1.54, 1.807) is 22.8 Å². The van der Waals surface area contributed by atoms with Crippen molar-refractivity contribution in [1.29, 1.82) is 0 Å². The monoisotopic (exact) mass is 438 g/mol. The van der Waals surface area contributed by atoms with Gasteiger partial charge < -0.3 is 10.2 Å². The van der Waals surface area contributed by atoms with Crippen LogP contribution in [0.3, 0.4) is 0 Å². The van der Waals surface area contributed by atoms with Gasteiger partial charge in [-0.2, -0.15) is 0 Å². The predicted molar refractivity (Wildman–Crippen MR) is 131 cm³/mol. The second kappa shape index (κ2) is 9.28. The summed E-state index contributed by atoms with van der Waals surface area (Å²) < 4.78 is 1.70. The molecule has 1 aromatic heterocycles. The van der Waals surface area contributed by atoms with E-state index in [0.29, 0.717) is 29.0 Å². The van der Waals surface area contributed by atoms with Crippen LogP contribution < -0.4 is 15.8 Å². The van der Waals surface area contributed by atoms with Crippen molar-refractivity contribution in [2.45, 2.75) is 25.8 Å². The first-order valence-corrected chi connectivity index (χ1v) is 11.4. The summed E-state index contributed by atoms with van der Waals surface area (Å²) in [5.74, 6) is 0.453. The molecule has 1 amide bonds. The summed E-state index contributed by atoms with van der Waals surface area (Å²) in [5.41, 5.74) is 2.74. The Morgan fingerprint density at radius 1 is 0.879 bits per heavy atom. The molecule has 0 radical (unpaired) electrons. The summed E-state index contributed by atoms with van der Waals surface area (Å²) in [6.07, 6.45) is 3.33. The minimum Gasteiger partial charge on any atom is -0.348 e. The molecule has 2 heterocycles. The van der Waals surface area contributed by atoms with Crippen molar-refractivity contribution in [2.24, 2.45) is 0 Å². The van der Waals surface area contributed by atoms with Gasteiger partial charge in [-0.25, -0.2) is 9.55 Å². The van der Waals surface area contributed by atoms with Gasteiger partial charge in [0.25, 0.3) is 11.5 Å². The molecule has 0 atom stereocenters. The maximum Gasteiger partial charge on any atom is 0.267 e. The topological polar surface area (TPSA) is 67.2 Å². The lowest BCUT2D eigenvalue weighted by Gasteiger charge is -2.30. The number of amides is 1. The molecule has 3 aromatic carbocycles. The van der Waals surface area contributed by atoms with Crippen molar-refractivity contribution in [3.8, 4) is 5.69 Å². The summed E-state index contributed by atoms with van der Waals surface area (Å²) in [6, 6.07) is 24.5. The number of aromatic nitrogens is 2. The summed E-state index contributed by atoms with van der Waals surface area (Å²) >= 11 is 0. The molecular weight excluding hydrogens is 412 g/mol. The first-order chi connectivity index (χ1) is 16.2. The van der Waals surface area contributed by atoms with E-state index in [4.69, 9.17) is 4.98 Å². The molecule has 1 aliphatic heterocycles. The molecule has 0 spiro atoms. The quantitative estimate of drug-likeness (QED) is 0.504. The lowest BCUT2D eigenvalue weighted by molar-refractivity contribution is 0.0951. The summed E-state index contributed by atoms with van der Waals surface area (Å²) in [7, 11) is 0. The fourth-order valence-corrected chi connectivity index (χ4v) is 4.31. The second-order valence-electron chi connectivity index (χ2n) is 8.34. The largest absolute Gasteiger partial charge is 0.348 e. The predicted octanol–water partition coefficient (Wildman–Crippen LogP) is 4.31. The zero-order valence-electron chi connectivity index (χ0n) is 18.4. The molecule has 6 nitrogen and oxygen atoms in total. The highest BCUT2D eigenvalue weighted by atomic mass is 16.1. The van der Waals surface area contributed by atoms with Crippen LogP contribution in [0.2, 0.25) is 0 Å². The molecule has 1 fully saturated rings. The number of rotatable bonds is 5. The first kappa shape index (κ1) is 20.9. The highest BCUT2D eigenvalue weighted by Crippen LogP contribution is 2.23. The molecule has 0 bridgehead atoms. The standard InChI is InChI=1S/C27H26N4O2/c32-25(28-19-20-10-4-1-5-11-20)21-14-15-23-24(18-21)29-27(30-16-8-3-9-17-30)31(26(23)33)22-12-6-2-7-13-22/h1-2,4-7,10-15,18H,3,8-9,16-17,19H2,(H,28,32). The van der Waals surface area contributed by atoms with Crippen LogP contribution in [0.5, 0.6) is 0 Å². The zero-order chi connectivity index (χ0) is 22.6. The third-order valence-corrected chi connectivity index (χ3v) is 6.06. The van der Waals surface area contributed by atoms with E-state index in [1.807, 2.05) is 60.7 Å². The lowest BCUT2D eigenvalue weighted by atomic mass is 10.1. The summed E-state index contributed by atoms with van der Waals surface area (Å²) in [6.45, 7) is 2.17.